The van der Waals surface area contributed by atoms with Crippen molar-refractivity contribution >= 4 is 82.0 Å². The summed E-state index contributed by atoms with van der Waals surface area (Å²) in [5, 5.41) is 4.01. The third kappa shape index (κ3) is 10.5. The van der Waals surface area contributed by atoms with Crippen LogP contribution in [0.2, 0.25) is 36.3 Å². The van der Waals surface area contributed by atoms with Crippen molar-refractivity contribution in [1.29, 1.82) is 0 Å². The van der Waals surface area contributed by atoms with Gasteiger partial charge in [-0.2, -0.15) is 0 Å². The molecule has 0 spiro atoms. The lowest BCUT2D eigenvalue weighted by Gasteiger charge is -2.47. The Bertz CT molecular complexity index is 3040. The van der Waals surface area contributed by atoms with E-state index in [-0.39, 0.29) is 0 Å². The van der Waals surface area contributed by atoms with Gasteiger partial charge >= 0.3 is 8.88 Å². The first-order valence-electron chi connectivity index (χ1n) is 29.5. The van der Waals surface area contributed by atoms with Crippen LogP contribution in [0.3, 0.4) is 0 Å². The summed E-state index contributed by atoms with van der Waals surface area (Å²) in [7, 11) is -10.0. The third-order valence-electron chi connectivity index (χ3n) is 16.4. The lowest BCUT2D eigenvalue weighted by Crippen LogP contribution is -2.71. The maximum atomic E-state index is 9.31. The fraction of sp³-hybridized carbons (Fsp3) is 0.484. The number of hydrogen-bond donors (Lipinski definition) is 0. The molecule has 0 radical (unpaired) electrons. The second-order valence-electron chi connectivity index (χ2n) is 22.0. The number of aromatic nitrogens is 2. The van der Waals surface area contributed by atoms with Gasteiger partial charge in [0.1, 0.15) is 22.6 Å². The van der Waals surface area contributed by atoms with E-state index in [4.69, 9.17) is 30.0 Å². The van der Waals surface area contributed by atoms with Gasteiger partial charge in [0.2, 0.25) is 0 Å². The Labute approximate surface area is 450 Å². The van der Waals surface area contributed by atoms with Gasteiger partial charge in [-0.15, -0.1) is 0 Å². The maximum Gasteiger partial charge on any atom is 0.582 e. The molecule has 4 aliphatic rings. The minimum atomic E-state index is -4.39. The molecule has 4 aromatic carbocycles. The molecule has 10 nitrogen and oxygen atoms in total. The molecular formula is C62H82N8O2Si3. The van der Waals surface area contributed by atoms with Gasteiger partial charge in [-0.05, 0) is 36.3 Å². The van der Waals surface area contributed by atoms with Crippen molar-refractivity contribution in [2.75, 3.05) is 0 Å². The van der Waals surface area contributed by atoms with Gasteiger partial charge in [-0.1, -0.05) is 254 Å². The smallest absolute Gasteiger partial charge is 0.404 e. The molecule has 6 heterocycles. The lowest BCUT2D eigenvalue weighted by atomic mass is 10.1. The molecule has 1 unspecified atom stereocenters. The number of aliphatic imine (C=N–C) groups is 4. The van der Waals surface area contributed by atoms with Gasteiger partial charge in [-0.3, -0.25) is 8.47 Å². The molecule has 0 saturated heterocycles. The van der Waals surface area contributed by atoms with Crippen molar-refractivity contribution in [3.05, 3.63) is 130 Å². The predicted molar refractivity (Wildman–Crippen MR) is 321 cm³/mol. The second kappa shape index (κ2) is 24.0. The first kappa shape index (κ1) is 53.2. The van der Waals surface area contributed by atoms with Crippen LogP contribution >= 0.6 is 0 Å². The van der Waals surface area contributed by atoms with Gasteiger partial charge in [0.05, 0.1) is 0 Å². The van der Waals surface area contributed by atoms with Gasteiger partial charge in [-0.25, -0.2) is 30.0 Å². The zero-order chi connectivity index (χ0) is 51.8. The van der Waals surface area contributed by atoms with Crippen molar-refractivity contribution in [2.24, 2.45) is 30.0 Å². The van der Waals surface area contributed by atoms with Crippen LogP contribution in [0.25, 0.3) is 21.5 Å². The zero-order valence-corrected chi connectivity index (χ0v) is 49.1. The Hall–Kier alpha value is -5.19. The minimum Gasteiger partial charge on any atom is -0.404 e. The number of rotatable bonds is 28. The van der Waals surface area contributed by atoms with Crippen LogP contribution in [0, 0.1) is 0 Å². The molecule has 4 aliphatic heterocycles. The number of amidine groups is 4. The highest BCUT2D eigenvalue weighted by Crippen LogP contribution is 2.48. The largest absolute Gasteiger partial charge is 0.582 e. The Kier molecular flexibility index (Phi) is 17.0. The summed E-state index contributed by atoms with van der Waals surface area (Å²) in [5.41, 5.74) is 5.45. The molecule has 6 aromatic rings. The van der Waals surface area contributed by atoms with E-state index in [1.54, 1.807) is 0 Å². The first-order valence-corrected chi connectivity index (χ1v) is 36.3. The fourth-order valence-electron chi connectivity index (χ4n) is 12.4. The summed E-state index contributed by atoms with van der Waals surface area (Å²) in [6.45, 7) is 14.1. The van der Waals surface area contributed by atoms with Crippen LogP contribution in [-0.4, -0.2) is 57.3 Å². The summed E-state index contributed by atoms with van der Waals surface area (Å²) >= 11 is 0. The van der Waals surface area contributed by atoms with E-state index in [2.05, 4.69) is 147 Å². The third-order valence-corrected chi connectivity index (χ3v) is 31.6. The summed E-state index contributed by atoms with van der Waals surface area (Å²) in [4.78, 5) is 34.6. The van der Waals surface area contributed by atoms with Gasteiger partial charge < -0.3 is 8.23 Å². The van der Waals surface area contributed by atoms with Crippen LogP contribution in [0.15, 0.2) is 127 Å². The topological polar surface area (TPSA) is 102 Å². The van der Waals surface area contributed by atoms with Gasteiger partial charge in [0.15, 0.2) is 40.0 Å². The number of unbranched alkanes of at least 4 members (excludes halogenated alkanes) is 12. The average Bonchev–Trinajstić information content (AvgIpc) is 4.16. The highest BCUT2D eigenvalue weighted by atomic mass is 28.5. The van der Waals surface area contributed by atoms with Gasteiger partial charge in [0, 0.05) is 43.8 Å². The van der Waals surface area contributed by atoms with Crippen LogP contribution < -0.4 is 11.0 Å². The summed E-state index contributed by atoms with van der Waals surface area (Å²) in [6, 6.07) is 41.0. The number of benzene rings is 4. The quantitative estimate of drug-likeness (QED) is 0.0361. The van der Waals surface area contributed by atoms with Crippen LogP contribution in [-0.2, 0) is 8.23 Å². The normalized spacial score (nSPS) is 16.5. The molecule has 0 N–H and O–H groups in total. The van der Waals surface area contributed by atoms with Crippen molar-refractivity contribution in [3.8, 4) is 0 Å². The molecular weight excluding hydrogens is 973 g/mol. The van der Waals surface area contributed by atoms with Crippen molar-refractivity contribution in [2.45, 2.75) is 193 Å². The molecule has 75 heavy (non-hydrogen) atoms. The molecule has 13 heteroatoms. The average molecular weight is 1060 g/mol. The van der Waals surface area contributed by atoms with E-state index in [0.717, 1.165) is 160 Å². The van der Waals surface area contributed by atoms with E-state index >= 15 is 0 Å². The molecule has 0 amide bonds. The predicted octanol–water partition coefficient (Wildman–Crippen LogP) is 16.4. The maximum absolute atomic E-state index is 9.31. The Balaban J connectivity index is 1.45. The molecule has 0 saturated carbocycles. The molecule has 2 aromatic heterocycles. The fourth-order valence-corrected chi connectivity index (χ4v) is 30.5. The highest BCUT2D eigenvalue weighted by Gasteiger charge is 2.60. The Morgan fingerprint density at radius 2 is 0.640 bits per heavy atom. The Morgan fingerprint density at radius 1 is 0.333 bits per heavy atom. The SMILES string of the molecule is CCCCCC[Si](CCCCCC)(CCCCCC)O[Si]1(O[Si](CCCC)(CCCC)CCCC)n2c3c4ccccc4c2N=C2N=C(N=c4c5ccccc5c(n41)=NC1=NC(=N3)c3ccccc31)c1ccccc12. The van der Waals surface area contributed by atoms with E-state index in [0.29, 0.717) is 23.3 Å². The number of hydrogen-bond acceptors (Lipinski definition) is 8. The zero-order valence-electron chi connectivity index (χ0n) is 46.1. The summed E-state index contributed by atoms with van der Waals surface area (Å²) in [5.74, 6) is 4.17. The molecule has 394 valence electrons. The van der Waals surface area contributed by atoms with Crippen molar-refractivity contribution in [3.63, 3.8) is 0 Å². The van der Waals surface area contributed by atoms with E-state index in [1.807, 2.05) is 0 Å². The Morgan fingerprint density at radius 3 is 0.987 bits per heavy atom. The first-order chi connectivity index (χ1) is 36.9. The monoisotopic (exact) mass is 1050 g/mol. The number of nitrogens with zero attached hydrogens (tertiary/aromatic N) is 8. The van der Waals surface area contributed by atoms with E-state index in [9.17, 15) is 8.23 Å². The minimum absolute atomic E-state index is 0.650. The van der Waals surface area contributed by atoms with Crippen molar-refractivity contribution < 1.29 is 8.23 Å². The van der Waals surface area contributed by atoms with Crippen LogP contribution in [0.4, 0.5) is 11.6 Å². The molecule has 0 fully saturated rings. The van der Waals surface area contributed by atoms with Crippen LogP contribution in [0.1, 0.15) is 179 Å². The standard InChI is InChI=1S/C62H82N8O2Si3/c1-7-13-19-30-44-74(45-31-20-14-8-2,46-32-21-15-9-3)72-75(71-73(41-16-10-4,42-17-11-5)43-18-12-6)69-59-51-37-26-27-38-52(51)61(69)67-57-49-35-24-25-36-50(49)58(64-57)68-62-54-40-29-28-39-53(54)60(70(62)75)66-56-48-34-23-22-33-47(48)55(63-56)65-59/h22-29,33-40H,7-21,30-32,41-46H2,1-6H3. The molecule has 6 bridgehead atoms. The summed E-state index contributed by atoms with van der Waals surface area (Å²) < 4.78 is 23.5. The van der Waals surface area contributed by atoms with Gasteiger partial charge in [0.25, 0.3) is 0 Å². The van der Waals surface area contributed by atoms with E-state index < -0.39 is 25.5 Å². The van der Waals surface area contributed by atoms with Crippen LogP contribution in [0.5, 0.6) is 0 Å². The van der Waals surface area contributed by atoms with E-state index in [1.165, 1.54) is 57.8 Å². The molecule has 1 atom stereocenters. The second-order valence-corrected chi connectivity index (χ2v) is 33.3. The highest BCUT2D eigenvalue weighted by molar-refractivity contribution is 6.89. The molecule has 10 rings (SSSR count). The number of fused-ring (bicyclic) bond motifs is 14. The lowest BCUT2D eigenvalue weighted by molar-refractivity contribution is 0.318. The van der Waals surface area contributed by atoms with Crippen molar-refractivity contribution in [1.82, 2.24) is 8.47 Å². The molecule has 0 aliphatic carbocycles. The summed E-state index contributed by atoms with van der Waals surface area (Å²) in [6.07, 6.45) is 20.9.